The zero-order valence-corrected chi connectivity index (χ0v) is 19.3. The summed E-state index contributed by atoms with van der Waals surface area (Å²) in [6.45, 7) is 10.8. The Bertz CT molecular complexity index is 731. The van der Waals surface area contributed by atoms with E-state index in [1.807, 2.05) is 13.8 Å². The van der Waals surface area contributed by atoms with Crippen LogP contribution in [0.2, 0.25) is 0 Å². The van der Waals surface area contributed by atoms with E-state index in [2.05, 4.69) is 23.3 Å². The van der Waals surface area contributed by atoms with Crippen molar-refractivity contribution in [2.24, 2.45) is 0 Å². The summed E-state index contributed by atoms with van der Waals surface area (Å²) < 4.78 is 5.23. The molecule has 0 radical (unpaired) electrons. The van der Waals surface area contributed by atoms with Crippen LogP contribution in [0.25, 0.3) is 0 Å². The number of hydrogen-bond donors (Lipinski definition) is 4. The molecule has 3 N–H and O–H groups in total. The molecule has 1 aromatic rings. The summed E-state index contributed by atoms with van der Waals surface area (Å²) in [5.41, 5.74) is -0.180. The van der Waals surface area contributed by atoms with Gasteiger partial charge < -0.3 is 25.4 Å². The Morgan fingerprint density at radius 1 is 1.13 bits per heavy atom. The Labute approximate surface area is 183 Å². The predicted molar refractivity (Wildman–Crippen MR) is 119 cm³/mol. The zero-order valence-electron chi connectivity index (χ0n) is 18.4. The number of likely N-dealkylation sites (N-methyl/N-ethyl adjacent to an activating group) is 1. The molecule has 0 aromatic heterocycles. The van der Waals surface area contributed by atoms with Gasteiger partial charge in [0.05, 0.1) is 0 Å². The van der Waals surface area contributed by atoms with Crippen molar-refractivity contribution in [1.82, 2.24) is 15.5 Å². The van der Waals surface area contributed by atoms with Gasteiger partial charge in [0.2, 0.25) is 11.8 Å². The highest BCUT2D eigenvalue weighted by Crippen LogP contribution is 2.24. The molecule has 0 aliphatic carbocycles. The van der Waals surface area contributed by atoms with E-state index in [-0.39, 0.29) is 30.0 Å². The first-order valence-electron chi connectivity index (χ1n) is 9.89. The Hall–Kier alpha value is -2.42. The smallest absolute Gasteiger partial charge is 0.408 e. The fourth-order valence-corrected chi connectivity index (χ4v) is 3.04. The number of alkyl carbamates (subject to hydrolysis) is 1. The summed E-state index contributed by atoms with van der Waals surface area (Å²) in [6.07, 6.45) is -0.737. The van der Waals surface area contributed by atoms with Crippen LogP contribution in [0, 0.1) is 0 Å². The highest BCUT2D eigenvalue weighted by atomic mass is 32.1. The average molecular weight is 440 g/mol. The third-order valence-electron chi connectivity index (χ3n) is 4.00. The first-order chi connectivity index (χ1) is 13.9. The lowest BCUT2D eigenvalue weighted by Crippen LogP contribution is -2.54. The van der Waals surface area contributed by atoms with Crippen molar-refractivity contribution in [2.45, 2.75) is 65.3 Å². The number of aromatic hydroxyl groups is 1. The normalized spacial score (nSPS) is 13.3. The second kappa shape index (κ2) is 11.1. The number of rotatable bonds is 8. The first-order valence-corrected chi connectivity index (χ1v) is 10.5. The van der Waals surface area contributed by atoms with Gasteiger partial charge in [-0.3, -0.25) is 9.59 Å². The van der Waals surface area contributed by atoms with Crippen LogP contribution in [-0.2, 0) is 14.3 Å². The second-order valence-corrected chi connectivity index (χ2v) is 8.53. The lowest BCUT2D eigenvalue weighted by atomic mass is 10.0. The fraction of sp³-hybridized carbons (Fsp3) is 0.571. The zero-order chi connectivity index (χ0) is 23.1. The average Bonchev–Trinajstić information content (AvgIpc) is 2.62. The molecule has 0 saturated heterocycles. The van der Waals surface area contributed by atoms with E-state index in [0.29, 0.717) is 5.56 Å². The summed E-state index contributed by atoms with van der Waals surface area (Å²) in [5, 5.41) is 15.0. The van der Waals surface area contributed by atoms with Crippen LogP contribution in [0.15, 0.2) is 24.3 Å². The molecule has 0 aliphatic rings. The van der Waals surface area contributed by atoms with Gasteiger partial charge in [0.25, 0.3) is 0 Å². The molecule has 0 bridgehead atoms. The third-order valence-corrected chi connectivity index (χ3v) is 4.36. The number of nitrogens with zero attached hydrogens (tertiary/aromatic N) is 1. The van der Waals surface area contributed by atoms with E-state index in [9.17, 15) is 19.5 Å². The van der Waals surface area contributed by atoms with Crippen molar-refractivity contribution in [3.8, 4) is 5.75 Å². The molecule has 168 valence electrons. The van der Waals surface area contributed by atoms with Crippen LogP contribution in [0.1, 0.15) is 53.1 Å². The Morgan fingerprint density at radius 3 is 2.13 bits per heavy atom. The Balaban J connectivity index is 3.20. The minimum Gasteiger partial charge on any atom is -0.508 e. The number of nitrogens with one attached hydrogen (secondary N) is 2. The van der Waals surface area contributed by atoms with Crippen molar-refractivity contribution in [3.05, 3.63) is 29.8 Å². The van der Waals surface area contributed by atoms with E-state index in [4.69, 9.17) is 4.74 Å². The van der Waals surface area contributed by atoms with E-state index in [1.54, 1.807) is 39.8 Å². The molecule has 0 heterocycles. The van der Waals surface area contributed by atoms with Crippen LogP contribution in [-0.4, -0.2) is 57.9 Å². The molecular weight excluding hydrogens is 406 g/mol. The van der Waals surface area contributed by atoms with Gasteiger partial charge in [0.15, 0.2) is 0 Å². The first kappa shape index (κ1) is 25.6. The second-order valence-electron chi connectivity index (χ2n) is 8.16. The lowest BCUT2D eigenvalue weighted by molar-refractivity contribution is -0.142. The fourth-order valence-electron chi connectivity index (χ4n) is 2.79. The molecule has 1 aromatic carbocycles. The molecular formula is C21H33N3O5S. The van der Waals surface area contributed by atoms with Gasteiger partial charge in [0.1, 0.15) is 23.4 Å². The monoisotopic (exact) mass is 439 g/mol. The highest BCUT2D eigenvalue weighted by molar-refractivity contribution is 7.80. The van der Waals surface area contributed by atoms with Crippen molar-refractivity contribution in [2.75, 3.05) is 12.3 Å². The van der Waals surface area contributed by atoms with Crippen molar-refractivity contribution in [1.29, 1.82) is 0 Å². The molecule has 3 amide bonds. The minimum absolute atomic E-state index is 0.0304. The summed E-state index contributed by atoms with van der Waals surface area (Å²) in [5.74, 6) is -0.741. The van der Waals surface area contributed by atoms with Gasteiger partial charge in [-0.05, 0) is 59.2 Å². The molecule has 30 heavy (non-hydrogen) atoms. The van der Waals surface area contributed by atoms with Gasteiger partial charge in [0, 0.05) is 18.3 Å². The quantitative estimate of drug-likeness (QED) is 0.466. The Kier molecular flexibility index (Phi) is 9.48. The van der Waals surface area contributed by atoms with Gasteiger partial charge in [-0.2, -0.15) is 12.6 Å². The lowest BCUT2D eigenvalue weighted by Gasteiger charge is -2.33. The number of hydrogen-bond acceptors (Lipinski definition) is 6. The van der Waals surface area contributed by atoms with Gasteiger partial charge in [-0.1, -0.05) is 12.1 Å². The van der Waals surface area contributed by atoms with Crippen LogP contribution < -0.4 is 10.6 Å². The van der Waals surface area contributed by atoms with E-state index < -0.39 is 29.7 Å². The van der Waals surface area contributed by atoms with Crippen LogP contribution >= 0.6 is 12.6 Å². The molecule has 0 aliphatic heterocycles. The number of ether oxygens (including phenoxy) is 1. The minimum atomic E-state index is -0.977. The number of phenolic OH excluding ortho intramolecular Hbond substituents is 1. The molecule has 2 atom stereocenters. The number of phenols is 1. The number of thiol groups is 1. The topological polar surface area (TPSA) is 108 Å². The molecule has 0 saturated carbocycles. The molecule has 9 heteroatoms. The van der Waals surface area contributed by atoms with E-state index >= 15 is 0 Å². The molecule has 1 rings (SSSR count). The standard InChI is InChI=1S/C21H33N3O5S/c1-7-24(19(27)16(12-30)23-20(28)29-21(4,5)6)17(18(26)22-13(2)3)14-8-10-15(25)11-9-14/h8-11,13,16-17,25,30H,7,12H2,1-6H3,(H,22,26)(H,23,28). The highest BCUT2D eigenvalue weighted by Gasteiger charge is 2.35. The Morgan fingerprint density at radius 2 is 1.70 bits per heavy atom. The maximum absolute atomic E-state index is 13.3. The van der Waals surface area contributed by atoms with Crippen molar-refractivity contribution < 1.29 is 24.2 Å². The number of carbonyl (C=O) groups excluding carboxylic acids is 3. The number of amides is 3. The largest absolute Gasteiger partial charge is 0.508 e. The SMILES string of the molecule is CCN(C(=O)C(CS)NC(=O)OC(C)(C)C)C(C(=O)NC(C)C)c1ccc(O)cc1. The van der Waals surface area contributed by atoms with E-state index in [0.717, 1.165) is 0 Å². The maximum Gasteiger partial charge on any atom is 0.408 e. The molecule has 8 nitrogen and oxygen atoms in total. The molecule has 2 unspecified atom stereocenters. The number of benzene rings is 1. The summed E-state index contributed by atoms with van der Waals surface area (Å²) in [6, 6.07) is 4.05. The van der Waals surface area contributed by atoms with Gasteiger partial charge in [-0.15, -0.1) is 0 Å². The summed E-state index contributed by atoms with van der Waals surface area (Å²) >= 11 is 4.20. The van der Waals surface area contributed by atoms with Crippen molar-refractivity contribution in [3.63, 3.8) is 0 Å². The van der Waals surface area contributed by atoms with E-state index in [1.165, 1.54) is 17.0 Å². The summed E-state index contributed by atoms with van der Waals surface area (Å²) in [7, 11) is 0. The van der Waals surface area contributed by atoms with Gasteiger partial charge >= 0.3 is 6.09 Å². The maximum atomic E-state index is 13.3. The van der Waals surface area contributed by atoms with Crippen LogP contribution in [0.5, 0.6) is 5.75 Å². The predicted octanol–water partition coefficient (Wildman–Crippen LogP) is 2.63. The number of carbonyl (C=O) groups is 3. The molecule has 0 spiro atoms. The van der Waals surface area contributed by atoms with Crippen LogP contribution in [0.4, 0.5) is 4.79 Å². The third kappa shape index (κ3) is 7.78. The summed E-state index contributed by atoms with van der Waals surface area (Å²) in [4.78, 5) is 39.8. The van der Waals surface area contributed by atoms with Gasteiger partial charge in [-0.25, -0.2) is 4.79 Å². The van der Waals surface area contributed by atoms with Crippen molar-refractivity contribution >= 4 is 30.5 Å². The molecule has 0 fully saturated rings. The van der Waals surface area contributed by atoms with Crippen LogP contribution in [0.3, 0.4) is 0 Å².